The first-order valence-corrected chi connectivity index (χ1v) is 7.38. The fraction of sp³-hybridized carbons (Fsp3) is 0.438. The maximum absolute atomic E-state index is 12.2. The fourth-order valence-electron chi connectivity index (χ4n) is 2.53. The van der Waals surface area contributed by atoms with Crippen LogP contribution in [-0.4, -0.2) is 32.9 Å². The van der Waals surface area contributed by atoms with Crippen molar-refractivity contribution in [3.63, 3.8) is 0 Å². The van der Waals surface area contributed by atoms with Gasteiger partial charge in [-0.25, -0.2) is 14.5 Å². The Hall–Kier alpha value is -2.21. The normalized spacial score (nSPS) is 22.5. The number of esters is 1. The minimum atomic E-state index is -0.797. The topological polar surface area (TPSA) is 66.2 Å². The molecule has 0 bridgehead atoms. The minimum absolute atomic E-state index is 0.294. The lowest BCUT2D eigenvalue weighted by atomic mass is 10.0. The van der Waals surface area contributed by atoms with E-state index in [1.54, 1.807) is 17.9 Å². The van der Waals surface area contributed by atoms with Crippen molar-refractivity contribution in [3.8, 4) is 5.69 Å². The number of rotatable bonds is 4. The van der Waals surface area contributed by atoms with Gasteiger partial charge in [0.1, 0.15) is 18.8 Å². The van der Waals surface area contributed by atoms with Crippen LogP contribution in [0.25, 0.3) is 5.69 Å². The largest absolute Gasteiger partial charge is 0.456 e. The molecule has 1 saturated heterocycles. The van der Waals surface area contributed by atoms with E-state index in [0.717, 1.165) is 17.7 Å². The molecule has 0 radical (unpaired) electrons. The van der Waals surface area contributed by atoms with E-state index in [9.17, 15) is 4.79 Å². The second-order valence-electron chi connectivity index (χ2n) is 5.66. The van der Waals surface area contributed by atoms with Crippen LogP contribution < -0.4 is 0 Å². The van der Waals surface area contributed by atoms with Gasteiger partial charge >= 0.3 is 5.97 Å². The summed E-state index contributed by atoms with van der Waals surface area (Å²) in [7, 11) is 0. The van der Waals surface area contributed by atoms with Crippen LogP contribution in [0.1, 0.15) is 38.4 Å². The molecule has 2 heterocycles. The van der Waals surface area contributed by atoms with Crippen molar-refractivity contribution in [2.75, 3.05) is 6.61 Å². The Morgan fingerprint density at radius 2 is 2.18 bits per heavy atom. The molecule has 6 nitrogen and oxygen atoms in total. The van der Waals surface area contributed by atoms with Crippen LogP contribution >= 0.6 is 0 Å². The minimum Gasteiger partial charge on any atom is -0.456 e. The Balaban J connectivity index is 1.67. The Morgan fingerprint density at radius 3 is 2.77 bits per heavy atom. The van der Waals surface area contributed by atoms with Gasteiger partial charge in [0.05, 0.1) is 5.69 Å². The average molecular weight is 301 g/mol. The molecule has 116 valence electrons. The molecular formula is C16H19N3O3. The van der Waals surface area contributed by atoms with E-state index in [1.165, 1.54) is 6.33 Å². The number of nitrogens with zero attached hydrogens (tertiary/aromatic N) is 3. The van der Waals surface area contributed by atoms with Gasteiger partial charge in [0.2, 0.25) is 0 Å². The number of hydrogen-bond acceptors (Lipinski definition) is 5. The predicted octanol–water partition coefficient (Wildman–Crippen LogP) is 2.44. The summed E-state index contributed by atoms with van der Waals surface area (Å²) in [5, 5.41) is 4.07. The summed E-state index contributed by atoms with van der Waals surface area (Å²) >= 11 is 0. The molecule has 1 aliphatic rings. The van der Waals surface area contributed by atoms with Crippen molar-refractivity contribution in [1.82, 2.24) is 14.8 Å². The summed E-state index contributed by atoms with van der Waals surface area (Å²) in [5.41, 5.74) is 1.04. The summed E-state index contributed by atoms with van der Waals surface area (Å²) in [6, 6.07) is 7.68. The first-order valence-electron chi connectivity index (χ1n) is 7.38. The monoisotopic (exact) mass is 301 g/mol. The molecule has 3 rings (SSSR count). The number of ether oxygens (including phenoxy) is 2. The maximum Gasteiger partial charge on any atom is 0.338 e. The third-order valence-corrected chi connectivity index (χ3v) is 3.98. The van der Waals surface area contributed by atoms with Crippen molar-refractivity contribution >= 4 is 5.97 Å². The molecule has 0 N–H and O–H groups in total. The van der Waals surface area contributed by atoms with Gasteiger partial charge in [-0.05, 0) is 44.4 Å². The molecule has 0 spiro atoms. The van der Waals surface area contributed by atoms with Crippen LogP contribution in [0.2, 0.25) is 0 Å². The summed E-state index contributed by atoms with van der Waals surface area (Å²) in [5.74, 6) is -0.294. The van der Waals surface area contributed by atoms with Crippen LogP contribution in [0.15, 0.2) is 36.9 Å². The number of benzene rings is 1. The molecule has 1 aromatic carbocycles. The van der Waals surface area contributed by atoms with E-state index in [-0.39, 0.29) is 12.1 Å². The van der Waals surface area contributed by atoms with Crippen molar-refractivity contribution < 1.29 is 14.3 Å². The number of hydrogen-bond donors (Lipinski definition) is 0. The van der Waals surface area contributed by atoms with Gasteiger partial charge in [0.25, 0.3) is 0 Å². The van der Waals surface area contributed by atoms with E-state index in [2.05, 4.69) is 10.1 Å². The second kappa shape index (κ2) is 5.88. The average Bonchev–Trinajstić information content (AvgIpc) is 3.19. The van der Waals surface area contributed by atoms with Gasteiger partial charge in [-0.2, -0.15) is 5.10 Å². The Labute approximate surface area is 129 Å². The lowest BCUT2D eigenvalue weighted by Crippen LogP contribution is -2.36. The highest BCUT2D eigenvalue weighted by molar-refractivity contribution is 5.79. The van der Waals surface area contributed by atoms with Crippen molar-refractivity contribution in [2.24, 2.45) is 0 Å². The van der Waals surface area contributed by atoms with E-state index in [0.29, 0.717) is 13.0 Å². The first kappa shape index (κ1) is 14.7. The second-order valence-corrected chi connectivity index (χ2v) is 5.66. The highest BCUT2D eigenvalue weighted by Crippen LogP contribution is 2.29. The molecule has 22 heavy (non-hydrogen) atoms. The maximum atomic E-state index is 12.2. The number of carbonyl (C=O) groups is 1. The third kappa shape index (κ3) is 2.87. The molecule has 1 aliphatic heterocycles. The summed E-state index contributed by atoms with van der Waals surface area (Å²) in [6.07, 6.45) is 4.41. The quantitative estimate of drug-likeness (QED) is 0.811. The number of aromatic nitrogens is 3. The zero-order valence-electron chi connectivity index (χ0n) is 12.7. The van der Waals surface area contributed by atoms with E-state index < -0.39 is 5.60 Å². The Morgan fingerprint density at radius 1 is 1.41 bits per heavy atom. The molecule has 2 atom stereocenters. The molecule has 1 fully saturated rings. The van der Waals surface area contributed by atoms with E-state index >= 15 is 0 Å². The smallest absolute Gasteiger partial charge is 0.338 e. The zero-order chi connectivity index (χ0) is 15.6. The molecule has 1 aromatic heterocycles. The highest BCUT2D eigenvalue weighted by Gasteiger charge is 2.40. The molecule has 0 amide bonds. The van der Waals surface area contributed by atoms with Gasteiger partial charge < -0.3 is 9.47 Å². The molecular weight excluding hydrogens is 282 g/mol. The molecule has 2 aromatic rings. The molecule has 0 saturated carbocycles. The van der Waals surface area contributed by atoms with E-state index in [4.69, 9.17) is 9.47 Å². The van der Waals surface area contributed by atoms with Crippen LogP contribution in [0.5, 0.6) is 0 Å². The van der Waals surface area contributed by atoms with Crippen molar-refractivity contribution in [1.29, 1.82) is 0 Å². The van der Waals surface area contributed by atoms with Crippen LogP contribution in [0.4, 0.5) is 0 Å². The SMILES string of the molecule is CC(OC(=O)C1(C)CCCO1)c1ccc(-n2cncn2)cc1. The molecule has 6 heteroatoms. The molecule has 2 unspecified atom stereocenters. The van der Waals surface area contributed by atoms with E-state index in [1.807, 2.05) is 31.2 Å². The van der Waals surface area contributed by atoms with Crippen LogP contribution in [0.3, 0.4) is 0 Å². The van der Waals surface area contributed by atoms with Gasteiger partial charge in [-0.1, -0.05) is 12.1 Å². The van der Waals surface area contributed by atoms with Crippen molar-refractivity contribution in [3.05, 3.63) is 42.5 Å². The van der Waals surface area contributed by atoms with Crippen LogP contribution in [-0.2, 0) is 14.3 Å². The van der Waals surface area contributed by atoms with Crippen molar-refractivity contribution in [2.45, 2.75) is 38.4 Å². The predicted molar refractivity (Wildman–Crippen MR) is 79.5 cm³/mol. The lowest BCUT2D eigenvalue weighted by molar-refractivity contribution is -0.170. The summed E-state index contributed by atoms with van der Waals surface area (Å²) in [6.45, 7) is 4.27. The van der Waals surface area contributed by atoms with Gasteiger partial charge in [0.15, 0.2) is 5.60 Å². The lowest BCUT2D eigenvalue weighted by Gasteiger charge is -2.24. The van der Waals surface area contributed by atoms with Gasteiger partial charge in [-0.3, -0.25) is 0 Å². The molecule has 0 aliphatic carbocycles. The Bertz CT molecular complexity index is 631. The number of carbonyl (C=O) groups excluding carboxylic acids is 1. The standard InChI is InChI=1S/C16H19N3O3/c1-12(22-15(20)16(2)8-3-9-21-16)13-4-6-14(7-5-13)19-11-17-10-18-19/h4-7,10-12H,3,8-9H2,1-2H3. The summed E-state index contributed by atoms with van der Waals surface area (Å²) in [4.78, 5) is 16.2. The van der Waals surface area contributed by atoms with Gasteiger partial charge in [0, 0.05) is 6.61 Å². The Kier molecular flexibility index (Phi) is 3.94. The highest BCUT2D eigenvalue weighted by atomic mass is 16.6. The van der Waals surface area contributed by atoms with Crippen LogP contribution in [0, 0.1) is 0 Å². The zero-order valence-corrected chi connectivity index (χ0v) is 12.7. The van der Waals surface area contributed by atoms with Gasteiger partial charge in [-0.15, -0.1) is 0 Å². The third-order valence-electron chi connectivity index (χ3n) is 3.98. The first-order chi connectivity index (χ1) is 10.6. The summed E-state index contributed by atoms with van der Waals surface area (Å²) < 4.78 is 12.7. The fourth-order valence-corrected chi connectivity index (χ4v) is 2.53.